The van der Waals surface area contributed by atoms with Gasteiger partial charge < -0.3 is 24.6 Å². The van der Waals surface area contributed by atoms with Gasteiger partial charge in [0.05, 0.1) is 25.7 Å². The van der Waals surface area contributed by atoms with Crippen LogP contribution in [0.1, 0.15) is 16.8 Å². The molecule has 0 radical (unpaired) electrons. The minimum Gasteiger partial charge on any atom is -0.493 e. The number of amides is 3. The first-order valence-corrected chi connectivity index (χ1v) is 11.9. The molecule has 2 aliphatic rings. The van der Waals surface area contributed by atoms with Crippen LogP contribution in [0.3, 0.4) is 0 Å². The Hall–Kier alpha value is -3.59. The number of ether oxygens (including phenoxy) is 2. The van der Waals surface area contributed by atoms with Crippen molar-refractivity contribution in [2.24, 2.45) is 5.92 Å². The predicted molar refractivity (Wildman–Crippen MR) is 132 cm³/mol. The first kappa shape index (κ1) is 24.5. The van der Waals surface area contributed by atoms with Gasteiger partial charge in [-0.25, -0.2) is 0 Å². The summed E-state index contributed by atoms with van der Waals surface area (Å²) in [5.74, 6) is 0.447. The van der Waals surface area contributed by atoms with E-state index in [0.717, 1.165) is 18.8 Å². The summed E-state index contributed by atoms with van der Waals surface area (Å²) in [4.78, 5) is 43.8. The zero-order valence-corrected chi connectivity index (χ0v) is 20.2. The van der Waals surface area contributed by atoms with Crippen molar-refractivity contribution >= 4 is 23.4 Å². The summed E-state index contributed by atoms with van der Waals surface area (Å²) in [7, 11) is 3.08. The monoisotopic (exact) mass is 480 g/mol. The second-order valence-corrected chi connectivity index (χ2v) is 8.71. The molecule has 0 saturated carbocycles. The quantitative estimate of drug-likeness (QED) is 0.618. The minimum atomic E-state index is -0.338. The third kappa shape index (κ3) is 5.57. The maximum absolute atomic E-state index is 13.0. The Balaban J connectivity index is 1.21. The first-order valence-electron chi connectivity index (χ1n) is 11.9. The Bertz CT molecular complexity index is 1050. The number of methoxy groups -OCH3 is 2. The molecular weight excluding hydrogens is 448 g/mol. The van der Waals surface area contributed by atoms with Gasteiger partial charge in [-0.2, -0.15) is 0 Å². The predicted octanol–water partition coefficient (Wildman–Crippen LogP) is 1.63. The van der Waals surface area contributed by atoms with E-state index in [4.69, 9.17) is 9.47 Å². The number of nitrogens with one attached hydrogen (secondary N) is 1. The topological polar surface area (TPSA) is 91.4 Å². The highest BCUT2D eigenvalue weighted by molar-refractivity contribution is 6.00. The van der Waals surface area contributed by atoms with Gasteiger partial charge in [-0.3, -0.25) is 19.3 Å². The SMILES string of the molecule is COc1cccc(C(=O)N2CCN(CCNC(=O)C3CC(=O)N(c4ccccc4)C3)CC2)c1OC. The van der Waals surface area contributed by atoms with Crippen LogP contribution in [-0.4, -0.2) is 87.6 Å². The maximum Gasteiger partial charge on any atom is 0.257 e. The van der Waals surface area contributed by atoms with E-state index in [1.165, 1.54) is 7.11 Å². The zero-order valence-electron chi connectivity index (χ0n) is 20.2. The third-order valence-corrected chi connectivity index (χ3v) is 6.58. The van der Waals surface area contributed by atoms with Crippen LogP contribution in [0.5, 0.6) is 11.5 Å². The van der Waals surface area contributed by atoms with Gasteiger partial charge in [-0.15, -0.1) is 0 Å². The fourth-order valence-corrected chi connectivity index (χ4v) is 4.62. The number of nitrogens with zero attached hydrogens (tertiary/aromatic N) is 3. The van der Waals surface area contributed by atoms with Gasteiger partial charge in [0.1, 0.15) is 0 Å². The van der Waals surface area contributed by atoms with Crippen LogP contribution in [0.15, 0.2) is 48.5 Å². The van der Waals surface area contributed by atoms with Gasteiger partial charge in [0.2, 0.25) is 11.8 Å². The van der Waals surface area contributed by atoms with Crippen LogP contribution < -0.4 is 19.7 Å². The highest BCUT2D eigenvalue weighted by Gasteiger charge is 2.35. The number of hydrogen-bond donors (Lipinski definition) is 1. The third-order valence-electron chi connectivity index (χ3n) is 6.58. The van der Waals surface area contributed by atoms with E-state index in [1.807, 2.05) is 35.2 Å². The standard InChI is InChI=1S/C26H32N4O5/c1-34-22-10-6-9-21(24(22)35-2)26(33)29-15-13-28(14-16-29)12-11-27-25(32)19-17-23(31)30(18-19)20-7-4-3-5-8-20/h3-10,19H,11-18H2,1-2H3,(H,27,32). The number of carbonyl (C=O) groups excluding carboxylic acids is 3. The lowest BCUT2D eigenvalue weighted by Crippen LogP contribution is -2.50. The molecule has 2 aromatic carbocycles. The van der Waals surface area contributed by atoms with E-state index in [-0.39, 0.29) is 30.1 Å². The van der Waals surface area contributed by atoms with Crippen LogP contribution in [-0.2, 0) is 9.59 Å². The fourth-order valence-electron chi connectivity index (χ4n) is 4.62. The van der Waals surface area contributed by atoms with Crippen molar-refractivity contribution in [3.05, 3.63) is 54.1 Å². The molecule has 1 atom stereocenters. The summed E-state index contributed by atoms with van der Waals surface area (Å²) in [5.41, 5.74) is 1.31. The summed E-state index contributed by atoms with van der Waals surface area (Å²) >= 11 is 0. The molecule has 0 bridgehead atoms. The van der Waals surface area contributed by atoms with Crippen molar-refractivity contribution in [1.29, 1.82) is 0 Å². The van der Waals surface area contributed by atoms with Crippen molar-refractivity contribution in [2.75, 3.05) is 64.9 Å². The van der Waals surface area contributed by atoms with Gasteiger partial charge in [0, 0.05) is 57.9 Å². The number of piperazine rings is 1. The lowest BCUT2D eigenvalue weighted by molar-refractivity contribution is -0.126. The molecule has 1 N–H and O–H groups in total. The number of carbonyl (C=O) groups is 3. The van der Waals surface area contributed by atoms with Crippen LogP contribution in [0.4, 0.5) is 5.69 Å². The van der Waals surface area contributed by atoms with Crippen molar-refractivity contribution < 1.29 is 23.9 Å². The molecule has 0 aromatic heterocycles. The molecule has 186 valence electrons. The number of hydrogen-bond acceptors (Lipinski definition) is 6. The number of rotatable bonds is 8. The minimum absolute atomic E-state index is 0.0233. The number of anilines is 1. The lowest BCUT2D eigenvalue weighted by Gasteiger charge is -2.35. The summed E-state index contributed by atoms with van der Waals surface area (Å²) < 4.78 is 10.7. The Morgan fingerprint density at radius 3 is 2.40 bits per heavy atom. The highest BCUT2D eigenvalue weighted by Crippen LogP contribution is 2.31. The fraction of sp³-hybridized carbons (Fsp3) is 0.423. The zero-order chi connectivity index (χ0) is 24.8. The average molecular weight is 481 g/mol. The molecule has 3 amide bonds. The molecule has 1 unspecified atom stereocenters. The van der Waals surface area contributed by atoms with Crippen molar-refractivity contribution in [3.63, 3.8) is 0 Å². The Morgan fingerprint density at radius 2 is 1.71 bits per heavy atom. The lowest BCUT2D eigenvalue weighted by atomic mass is 10.1. The summed E-state index contributed by atoms with van der Waals surface area (Å²) in [5, 5.41) is 2.98. The average Bonchev–Trinajstić information content (AvgIpc) is 3.30. The van der Waals surface area contributed by atoms with E-state index < -0.39 is 0 Å². The van der Waals surface area contributed by atoms with E-state index in [0.29, 0.717) is 49.8 Å². The van der Waals surface area contributed by atoms with E-state index >= 15 is 0 Å². The summed E-state index contributed by atoms with van der Waals surface area (Å²) in [6, 6.07) is 14.7. The normalized spacial score (nSPS) is 18.5. The maximum atomic E-state index is 13.0. The Labute approximate surface area is 205 Å². The molecule has 9 heteroatoms. The van der Waals surface area contributed by atoms with Crippen LogP contribution in [0.25, 0.3) is 0 Å². The summed E-state index contributed by atoms with van der Waals surface area (Å²) in [6.45, 7) is 4.23. The molecule has 2 fully saturated rings. The molecule has 0 aliphatic carbocycles. The van der Waals surface area contributed by atoms with Gasteiger partial charge >= 0.3 is 0 Å². The smallest absolute Gasteiger partial charge is 0.257 e. The molecule has 9 nitrogen and oxygen atoms in total. The van der Waals surface area contributed by atoms with Crippen molar-refractivity contribution in [2.45, 2.75) is 6.42 Å². The van der Waals surface area contributed by atoms with E-state index in [1.54, 1.807) is 30.2 Å². The Morgan fingerprint density at radius 1 is 0.971 bits per heavy atom. The van der Waals surface area contributed by atoms with E-state index in [2.05, 4.69) is 10.2 Å². The second kappa shape index (κ2) is 11.2. The molecule has 0 spiro atoms. The van der Waals surface area contributed by atoms with Crippen LogP contribution in [0.2, 0.25) is 0 Å². The van der Waals surface area contributed by atoms with Gasteiger partial charge in [0.15, 0.2) is 11.5 Å². The van der Waals surface area contributed by atoms with Crippen molar-refractivity contribution in [3.8, 4) is 11.5 Å². The molecule has 2 saturated heterocycles. The molecule has 35 heavy (non-hydrogen) atoms. The second-order valence-electron chi connectivity index (χ2n) is 8.71. The molecule has 2 aliphatic heterocycles. The van der Waals surface area contributed by atoms with Gasteiger partial charge in [-0.1, -0.05) is 24.3 Å². The van der Waals surface area contributed by atoms with Crippen LogP contribution in [0, 0.1) is 5.92 Å². The van der Waals surface area contributed by atoms with E-state index in [9.17, 15) is 14.4 Å². The number of para-hydroxylation sites is 2. The molecule has 2 heterocycles. The van der Waals surface area contributed by atoms with Gasteiger partial charge in [0.25, 0.3) is 5.91 Å². The highest BCUT2D eigenvalue weighted by atomic mass is 16.5. The van der Waals surface area contributed by atoms with Gasteiger partial charge in [-0.05, 0) is 24.3 Å². The molecule has 2 aromatic rings. The first-order chi connectivity index (χ1) is 17.0. The van der Waals surface area contributed by atoms with Crippen molar-refractivity contribution in [1.82, 2.24) is 15.1 Å². The Kier molecular flexibility index (Phi) is 7.87. The summed E-state index contributed by atoms with van der Waals surface area (Å²) in [6.07, 6.45) is 0.231. The van der Waals surface area contributed by atoms with Crippen LogP contribution >= 0.6 is 0 Å². The number of benzene rings is 2. The largest absolute Gasteiger partial charge is 0.493 e. The molecule has 4 rings (SSSR count). The molecular formula is C26H32N4O5.